The van der Waals surface area contributed by atoms with E-state index in [-0.39, 0.29) is 31.2 Å². The number of aliphatic carboxylic acids is 1. The quantitative estimate of drug-likeness (QED) is 0.774. The summed E-state index contributed by atoms with van der Waals surface area (Å²) in [4.78, 5) is 35.5. The number of β-lactam (4-membered cyclic amide) rings is 1. The summed E-state index contributed by atoms with van der Waals surface area (Å²) >= 11 is 0. The molecule has 0 aromatic heterocycles. The van der Waals surface area contributed by atoms with Crippen LogP contribution in [-0.2, 0) is 25.7 Å². The van der Waals surface area contributed by atoms with Crippen molar-refractivity contribution in [1.29, 1.82) is 0 Å². The second kappa shape index (κ2) is 6.61. The zero-order valence-electron chi connectivity index (χ0n) is 12.7. The molecule has 126 valence electrons. The molecule has 2 saturated heterocycles. The average Bonchev–Trinajstić information content (AvgIpc) is 2.86. The Kier molecular flexibility index (Phi) is 4.37. The number of rotatable bonds is 5. The molecule has 0 bridgehead atoms. The van der Waals surface area contributed by atoms with Gasteiger partial charge >= 0.3 is 12.1 Å². The number of nitrogens with one attached hydrogen (secondary N) is 1. The third-order valence-corrected chi connectivity index (χ3v) is 3.76. The van der Waals surface area contributed by atoms with Gasteiger partial charge in [-0.3, -0.25) is 9.69 Å². The normalized spacial score (nSPS) is 23.2. The molecule has 0 spiro atoms. The first-order valence-electron chi connectivity index (χ1n) is 7.41. The molecule has 2 fully saturated rings. The van der Waals surface area contributed by atoms with Crippen molar-refractivity contribution in [3.05, 3.63) is 47.7 Å². The van der Waals surface area contributed by atoms with Crippen LogP contribution < -0.4 is 5.32 Å². The summed E-state index contributed by atoms with van der Waals surface area (Å²) in [5, 5.41) is 11.7. The molecule has 0 radical (unpaired) electrons. The second-order valence-electron chi connectivity index (χ2n) is 5.37. The van der Waals surface area contributed by atoms with E-state index in [1.54, 1.807) is 0 Å². The highest BCUT2D eigenvalue weighted by Gasteiger charge is 2.53. The van der Waals surface area contributed by atoms with E-state index in [4.69, 9.17) is 9.47 Å². The van der Waals surface area contributed by atoms with Crippen molar-refractivity contribution in [1.82, 2.24) is 10.2 Å². The first kappa shape index (κ1) is 15.9. The number of fused-ring (bicyclic) bond motifs is 1. The fourth-order valence-electron chi connectivity index (χ4n) is 2.58. The molecule has 2 atom stereocenters. The van der Waals surface area contributed by atoms with Crippen LogP contribution in [0.4, 0.5) is 4.79 Å². The van der Waals surface area contributed by atoms with Gasteiger partial charge in [0, 0.05) is 6.54 Å². The maximum Gasteiger partial charge on any atom is 0.407 e. The lowest BCUT2D eigenvalue weighted by Gasteiger charge is -2.33. The first-order valence-corrected chi connectivity index (χ1v) is 7.41. The lowest BCUT2D eigenvalue weighted by Crippen LogP contribution is -2.54. The Morgan fingerprint density at radius 2 is 2.12 bits per heavy atom. The minimum absolute atomic E-state index is 0.0431. The van der Waals surface area contributed by atoms with E-state index in [0.717, 1.165) is 5.56 Å². The Bertz CT molecular complexity index is 687. The molecule has 8 heteroatoms. The predicted octanol–water partition coefficient (Wildman–Crippen LogP) is 0.838. The summed E-state index contributed by atoms with van der Waals surface area (Å²) in [5.41, 5.74) is 0.860. The van der Waals surface area contributed by atoms with E-state index in [2.05, 4.69) is 5.32 Å². The molecule has 2 N–H and O–H groups in total. The molecule has 0 aliphatic carbocycles. The smallest absolute Gasteiger partial charge is 0.407 e. The van der Waals surface area contributed by atoms with E-state index in [9.17, 15) is 19.5 Å². The molecule has 1 aromatic carbocycles. The van der Waals surface area contributed by atoms with E-state index in [1.807, 2.05) is 30.3 Å². The van der Waals surface area contributed by atoms with Gasteiger partial charge in [0.1, 0.15) is 12.4 Å². The lowest BCUT2D eigenvalue weighted by atomic mass is 10.1. The summed E-state index contributed by atoms with van der Waals surface area (Å²) in [7, 11) is 0. The number of hydrogen-bond acceptors (Lipinski definition) is 5. The third kappa shape index (κ3) is 3.17. The van der Waals surface area contributed by atoms with Crippen LogP contribution in [-0.4, -0.2) is 46.8 Å². The molecule has 1 aromatic rings. The number of ether oxygens (including phenoxy) is 2. The number of amides is 2. The van der Waals surface area contributed by atoms with Crippen LogP contribution in [0.25, 0.3) is 0 Å². The molecule has 8 nitrogen and oxygen atoms in total. The monoisotopic (exact) mass is 332 g/mol. The highest BCUT2D eigenvalue weighted by Crippen LogP contribution is 2.36. The standard InChI is InChI=1S/C16H16N2O6/c19-12-8-13-18(12)14(15(20)21)11(24-13)6-7-17-16(22)23-9-10-4-2-1-3-5-10/h1-6,13-14H,7-9H2,(H,17,22)(H,20,21)/t13-,14-/m0/s1. The van der Waals surface area contributed by atoms with Gasteiger partial charge in [0.25, 0.3) is 0 Å². The number of alkyl carbamates (subject to hydrolysis) is 1. The molecule has 3 rings (SSSR count). The van der Waals surface area contributed by atoms with Crippen molar-refractivity contribution in [3.63, 3.8) is 0 Å². The summed E-state index contributed by atoms with van der Waals surface area (Å²) in [5.74, 6) is -1.27. The maximum absolute atomic E-state index is 11.6. The average molecular weight is 332 g/mol. The van der Waals surface area contributed by atoms with Crippen LogP contribution in [0.2, 0.25) is 0 Å². The second-order valence-corrected chi connectivity index (χ2v) is 5.37. The lowest BCUT2D eigenvalue weighted by molar-refractivity contribution is -0.163. The van der Waals surface area contributed by atoms with Gasteiger partial charge in [-0.2, -0.15) is 0 Å². The van der Waals surface area contributed by atoms with Crippen molar-refractivity contribution in [2.45, 2.75) is 25.3 Å². The van der Waals surface area contributed by atoms with Gasteiger partial charge in [0.05, 0.1) is 6.42 Å². The molecule has 2 heterocycles. The highest BCUT2D eigenvalue weighted by molar-refractivity contribution is 5.91. The van der Waals surface area contributed by atoms with Gasteiger partial charge < -0.3 is 19.9 Å². The van der Waals surface area contributed by atoms with E-state index in [0.29, 0.717) is 0 Å². The molecule has 24 heavy (non-hydrogen) atoms. The number of carbonyl (C=O) groups excluding carboxylic acids is 2. The van der Waals surface area contributed by atoms with Crippen molar-refractivity contribution >= 4 is 18.0 Å². The first-order chi connectivity index (χ1) is 11.6. The SMILES string of the molecule is O=C(NCC=C1O[C@H]2CC(=O)N2[C@@H]1C(=O)O)OCc1ccccc1. The number of nitrogens with zero attached hydrogens (tertiary/aromatic N) is 1. The number of carboxylic acid groups (broad SMARTS) is 1. The summed E-state index contributed by atoms with van der Waals surface area (Å²) in [6.07, 6.45) is 0.469. The highest BCUT2D eigenvalue weighted by atomic mass is 16.5. The van der Waals surface area contributed by atoms with Gasteiger partial charge in [-0.25, -0.2) is 9.59 Å². The number of hydrogen-bond donors (Lipinski definition) is 2. The van der Waals surface area contributed by atoms with Crippen molar-refractivity contribution in [2.24, 2.45) is 0 Å². The van der Waals surface area contributed by atoms with Gasteiger partial charge in [-0.1, -0.05) is 30.3 Å². The minimum atomic E-state index is -1.16. The molecular weight excluding hydrogens is 316 g/mol. The zero-order valence-corrected chi connectivity index (χ0v) is 12.7. The van der Waals surface area contributed by atoms with Crippen LogP contribution in [0.5, 0.6) is 0 Å². The number of carboxylic acids is 1. The Balaban J connectivity index is 1.49. The maximum atomic E-state index is 11.6. The van der Waals surface area contributed by atoms with Crippen LogP contribution in [0.1, 0.15) is 12.0 Å². The number of benzene rings is 1. The van der Waals surface area contributed by atoms with Crippen molar-refractivity contribution in [3.8, 4) is 0 Å². The summed E-state index contributed by atoms with van der Waals surface area (Å²) in [6, 6.07) is 8.09. The molecule has 0 saturated carbocycles. The van der Waals surface area contributed by atoms with Crippen LogP contribution in [0.15, 0.2) is 42.2 Å². The molecule has 2 aliphatic rings. The zero-order chi connectivity index (χ0) is 17.1. The Labute approximate surface area is 137 Å². The predicted molar refractivity (Wildman–Crippen MR) is 80.5 cm³/mol. The van der Waals surface area contributed by atoms with E-state index < -0.39 is 24.3 Å². The molecular formula is C16H16N2O6. The van der Waals surface area contributed by atoms with Gasteiger partial charge in [0.15, 0.2) is 12.3 Å². The fourth-order valence-corrected chi connectivity index (χ4v) is 2.58. The summed E-state index contributed by atoms with van der Waals surface area (Å²) in [6.45, 7) is 0.184. The Morgan fingerprint density at radius 3 is 2.79 bits per heavy atom. The van der Waals surface area contributed by atoms with Crippen LogP contribution in [0.3, 0.4) is 0 Å². The molecule has 2 amide bonds. The largest absolute Gasteiger partial charge is 0.479 e. The van der Waals surface area contributed by atoms with Crippen LogP contribution in [0, 0.1) is 0 Å². The molecule has 2 aliphatic heterocycles. The van der Waals surface area contributed by atoms with Crippen LogP contribution >= 0.6 is 0 Å². The Morgan fingerprint density at radius 1 is 1.38 bits per heavy atom. The van der Waals surface area contributed by atoms with E-state index >= 15 is 0 Å². The van der Waals surface area contributed by atoms with Crippen molar-refractivity contribution < 1.29 is 29.0 Å². The van der Waals surface area contributed by atoms with E-state index in [1.165, 1.54) is 11.0 Å². The minimum Gasteiger partial charge on any atom is -0.479 e. The number of carbonyl (C=O) groups is 3. The summed E-state index contributed by atoms with van der Waals surface area (Å²) < 4.78 is 10.4. The Hall–Kier alpha value is -3.03. The van der Waals surface area contributed by atoms with Crippen molar-refractivity contribution in [2.75, 3.05) is 6.54 Å². The van der Waals surface area contributed by atoms with Gasteiger partial charge in [-0.05, 0) is 11.6 Å². The van der Waals surface area contributed by atoms with Gasteiger partial charge in [0.2, 0.25) is 5.91 Å². The molecule has 0 unspecified atom stereocenters. The van der Waals surface area contributed by atoms with Gasteiger partial charge in [-0.15, -0.1) is 0 Å². The third-order valence-electron chi connectivity index (χ3n) is 3.76. The topological polar surface area (TPSA) is 105 Å². The fraction of sp³-hybridized carbons (Fsp3) is 0.312.